The van der Waals surface area contributed by atoms with E-state index in [2.05, 4.69) is 4.74 Å². The van der Waals surface area contributed by atoms with Gasteiger partial charge in [-0.1, -0.05) is 13.8 Å². The second kappa shape index (κ2) is 5.46. The summed E-state index contributed by atoms with van der Waals surface area (Å²) in [5.41, 5.74) is 5.13. The summed E-state index contributed by atoms with van der Waals surface area (Å²) >= 11 is 0. The van der Waals surface area contributed by atoms with Gasteiger partial charge in [0.2, 0.25) is 0 Å². The van der Waals surface area contributed by atoms with E-state index in [0.29, 0.717) is 6.54 Å². The number of carbonyl (C=O) groups is 1. The van der Waals surface area contributed by atoms with Gasteiger partial charge in [-0.15, -0.1) is 0 Å². The van der Waals surface area contributed by atoms with Crippen molar-refractivity contribution in [2.75, 3.05) is 27.2 Å². The molecular formula is C8H19N3O4S. The summed E-state index contributed by atoms with van der Waals surface area (Å²) in [6.07, 6.45) is -1.02. The fourth-order valence-electron chi connectivity index (χ4n) is 0.977. The van der Waals surface area contributed by atoms with Crippen LogP contribution in [-0.2, 0) is 14.9 Å². The number of rotatable bonds is 5. The molecule has 0 heterocycles. The topological polar surface area (TPSA) is 102 Å². The number of carbonyl (C=O) groups excluding carboxylic acids is 1. The van der Waals surface area contributed by atoms with Gasteiger partial charge in [0, 0.05) is 13.6 Å². The van der Waals surface area contributed by atoms with Gasteiger partial charge in [-0.3, -0.25) is 0 Å². The second-order valence-corrected chi connectivity index (χ2v) is 6.00. The quantitative estimate of drug-likeness (QED) is 0.688. The fourth-order valence-corrected chi connectivity index (χ4v) is 1.95. The van der Waals surface area contributed by atoms with E-state index in [9.17, 15) is 13.2 Å². The van der Waals surface area contributed by atoms with Crippen molar-refractivity contribution < 1.29 is 17.9 Å². The number of nitrogens with zero attached hydrogens (tertiary/aromatic N) is 1. The first-order valence-corrected chi connectivity index (χ1v) is 6.11. The van der Waals surface area contributed by atoms with Gasteiger partial charge in [-0.05, 0) is 12.0 Å². The van der Waals surface area contributed by atoms with Crippen molar-refractivity contribution in [2.24, 2.45) is 11.1 Å². The van der Waals surface area contributed by atoms with Crippen LogP contribution in [0.3, 0.4) is 0 Å². The van der Waals surface area contributed by atoms with Gasteiger partial charge in [0.25, 0.3) is 0 Å². The van der Waals surface area contributed by atoms with Gasteiger partial charge in [0.1, 0.15) is 0 Å². The van der Waals surface area contributed by atoms with Crippen LogP contribution in [0.1, 0.15) is 13.8 Å². The molecule has 8 heteroatoms. The summed E-state index contributed by atoms with van der Waals surface area (Å²) in [4.78, 5) is 10.8. The molecule has 0 rings (SSSR count). The van der Waals surface area contributed by atoms with E-state index < -0.39 is 16.3 Å². The van der Waals surface area contributed by atoms with Gasteiger partial charge in [-0.25, -0.2) is 9.52 Å². The number of methoxy groups -OCH3 is 1. The maximum Gasteiger partial charge on any atom is 0.421 e. The Morgan fingerprint density at radius 3 is 2.38 bits per heavy atom. The molecule has 0 atom stereocenters. The van der Waals surface area contributed by atoms with Crippen LogP contribution < -0.4 is 10.5 Å². The van der Waals surface area contributed by atoms with E-state index in [-0.39, 0.29) is 12.0 Å². The molecule has 16 heavy (non-hydrogen) atoms. The summed E-state index contributed by atoms with van der Waals surface area (Å²) in [6.45, 7) is 4.20. The molecular weight excluding hydrogens is 234 g/mol. The van der Waals surface area contributed by atoms with Gasteiger partial charge < -0.3 is 10.5 Å². The first-order valence-electron chi connectivity index (χ1n) is 4.67. The summed E-state index contributed by atoms with van der Waals surface area (Å²) < 4.78 is 30.1. The average Bonchev–Trinajstić information content (AvgIpc) is 2.16. The molecule has 0 fully saturated rings. The Kier molecular flexibility index (Phi) is 5.17. The van der Waals surface area contributed by atoms with Crippen molar-refractivity contribution in [1.82, 2.24) is 9.03 Å². The molecule has 96 valence electrons. The minimum atomic E-state index is -3.86. The molecule has 0 radical (unpaired) electrons. The zero-order chi connectivity index (χ0) is 13.0. The smallest absolute Gasteiger partial charge is 0.421 e. The van der Waals surface area contributed by atoms with Crippen LogP contribution in [0.4, 0.5) is 4.79 Å². The Labute approximate surface area is 96.1 Å². The summed E-state index contributed by atoms with van der Waals surface area (Å²) in [6, 6.07) is 0. The zero-order valence-corrected chi connectivity index (χ0v) is 10.8. The van der Waals surface area contributed by atoms with Gasteiger partial charge >= 0.3 is 16.3 Å². The Balaban J connectivity index is 4.60. The van der Waals surface area contributed by atoms with Crippen molar-refractivity contribution in [3.05, 3.63) is 0 Å². The molecule has 1 amide bonds. The van der Waals surface area contributed by atoms with E-state index in [1.807, 2.05) is 13.8 Å². The van der Waals surface area contributed by atoms with Gasteiger partial charge in [0.05, 0.1) is 7.11 Å². The number of hydrogen-bond donors (Lipinski definition) is 2. The van der Waals surface area contributed by atoms with Crippen LogP contribution in [0, 0.1) is 5.41 Å². The molecule has 0 bridgehead atoms. The minimum Gasteiger partial charge on any atom is -0.452 e. The summed E-state index contributed by atoms with van der Waals surface area (Å²) in [7, 11) is -1.41. The van der Waals surface area contributed by atoms with E-state index in [4.69, 9.17) is 5.73 Å². The van der Waals surface area contributed by atoms with Crippen LogP contribution >= 0.6 is 0 Å². The standard InChI is InChI=1S/C8H19N3O4S/c1-8(2,5-9)6-11(3)16(13,14)10-7(12)15-4/h5-6,9H2,1-4H3,(H,10,12). The molecule has 0 aromatic rings. The van der Waals surface area contributed by atoms with Crippen molar-refractivity contribution in [3.8, 4) is 0 Å². The van der Waals surface area contributed by atoms with Crippen molar-refractivity contribution >= 4 is 16.3 Å². The largest absolute Gasteiger partial charge is 0.452 e. The summed E-state index contributed by atoms with van der Waals surface area (Å²) in [5.74, 6) is 0. The Hall–Kier alpha value is -0.860. The maximum atomic E-state index is 11.6. The van der Waals surface area contributed by atoms with Crippen molar-refractivity contribution in [3.63, 3.8) is 0 Å². The molecule has 0 aliphatic rings. The lowest BCUT2D eigenvalue weighted by Crippen LogP contribution is -2.46. The van der Waals surface area contributed by atoms with Crippen molar-refractivity contribution in [2.45, 2.75) is 13.8 Å². The fraction of sp³-hybridized carbons (Fsp3) is 0.875. The van der Waals surface area contributed by atoms with E-state index >= 15 is 0 Å². The average molecular weight is 253 g/mol. The Bertz CT molecular complexity index is 339. The molecule has 3 N–H and O–H groups in total. The monoisotopic (exact) mass is 253 g/mol. The lowest BCUT2D eigenvalue weighted by Gasteiger charge is -2.28. The lowest BCUT2D eigenvalue weighted by molar-refractivity contribution is 0.176. The molecule has 0 spiro atoms. The van der Waals surface area contributed by atoms with Crippen LogP contribution in [0.25, 0.3) is 0 Å². The lowest BCUT2D eigenvalue weighted by atomic mass is 9.94. The number of ether oxygens (including phenoxy) is 1. The molecule has 0 aromatic heterocycles. The van der Waals surface area contributed by atoms with Crippen LogP contribution in [0.15, 0.2) is 0 Å². The highest BCUT2D eigenvalue weighted by Gasteiger charge is 2.27. The first kappa shape index (κ1) is 15.1. The molecule has 7 nitrogen and oxygen atoms in total. The van der Waals surface area contributed by atoms with Gasteiger partial charge in [-0.2, -0.15) is 12.7 Å². The highest BCUT2D eigenvalue weighted by molar-refractivity contribution is 7.87. The van der Waals surface area contributed by atoms with Crippen LogP contribution in [0.5, 0.6) is 0 Å². The predicted molar refractivity (Wildman–Crippen MR) is 59.9 cm³/mol. The SMILES string of the molecule is COC(=O)NS(=O)(=O)N(C)CC(C)(C)CN. The number of amides is 1. The first-order chi connectivity index (χ1) is 7.14. The maximum absolute atomic E-state index is 11.6. The van der Waals surface area contributed by atoms with Crippen LogP contribution in [-0.4, -0.2) is 46.1 Å². The van der Waals surface area contributed by atoms with Gasteiger partial charge in [0.15, 0.2) is 0 Å². The minimum absolute atomic E-state index is 0.204. The third-order valence-electron chi connectivity index (χ3n) is 2.01. The van der Waals surface area contributed by atoms with E-state index in [1.54, 1.807) is 4.72 Å². The normalized spacial score (nSPS) is 12.6. The number of nitrogens with two attached hydrogens (primary N) is 1. The molecule has 0 aromatic carbocycles. The number of hydrogen-bond acceptors (Lipinski definition) is 5. The molecule has 0 saturated carbocycles. The third-order valence-corrected chi connectivity index (χ3v) is 3.39. The summed E-state index contributed by atoms with van der Waals surface area (Å²) in [5, 5.41) is 0. The van der Waals surface area contributed by atoms with E-state index in [0.717, 1.165) is 11.4 Å². The van der Waals surface area contributed by atoms with Crippen LogP contribution in [0.2, 0.25) is 0 Å². The Morgan fingerprint density at radius 2 is 2.00 bits per heavy atom. The Morgan fingerprint density at radius 1 is 1.50 bits per heavy atom. The zero-order valence-electron chi connectivity index (χ0n) is 9.98. The molecule has 0 aliphatic heterocycles. The highest BCUT2D eigenvalue weighted by Crippen LogP contribution is 2.15. The predicted octanol–water partition coefficient (Wildman–Crippen LogP) is -0.496. The molecule has 0 aliphatic carbocycles. The molecule has 0 saturated heterocycles. The van der Waals surface area contributed by atoms with Crippen molar-refractivity contribution in [1.29, 1.82) is 0 Å². The molecule has 0 unspecified atom stereocenters. The number of nitrogens with one attached hydrogen (secondary N) is 1. The third kappa shape index (κ3) is 4.77. The highest BCUT2D eigenvalue weighted by atomic mass is 32.2. The van der Waals surface area contributed by atoms with E-state index in [1.165, 1.54) is 7.05 Å². The second-order valence-electron chi connectivity index (χ2n) is 4.22.